The molecule has 1 heterocycles. The monoisotopic (exact) mass is 440 g/mol. The summed E-state index contributed by atoms with van der Waals surface area (Å²) in [6.45, 7) is 1.91. The van der Waals surface area contributed by atoms with Crippen LogP contribution in [0.5, 0.6) is 0 Å². The fraction of sp³-hybridized carbons (Fsp3) is 0.0455. The predicted octanol–water partition coefficient (Wildman–Crippen LogP) is 7.09. The fourth-order valence-corrected chi connectivity index (χ4v) is 3.46. The molecule has 4 aromatic rings. The number of rotatable bonds is 4. The molecule has 0 atom stereocenters. The van der Waals surface area contributed by atoms with Crippen molar-refractivity contribution in [3.63, 3.8) is 0 Å². The van der Waals surface area contributed by atoms with E-state index < -0.39 is 0 Å². The van der Waals surface area contributed by atoms with Gasteiger partial charge < -0.3 is 0 Å². The van der Waals surface area contributed by atoms with E-state index >= 15 is 0 Å². The van der Waals surface area contributed by atoms with Crippen LogP contribution in [0.25, 0.3) is 22.3 Å². The minimum Gasteiger partial charge on any atom is -0.260 e. The van der Waals surface area contributed by atoms with E-state index in [0.717, 1.165) is 22.2 Å². The number of hydrazone groups is 1. The molecule has 0 bridgehead atoms. The highest BCUT2D eigenvalue weighted by Gasteiger charge is 2.12. The van der Waals surface area contributed by atoms with Crippen LogP contribution < -0.4 is 5.43 Å². The van der Waals surface area contributed by atoms with Crippen molar-refractivity contribution in [2.24, 2.45) is 5.10 Å². The Morgan fingerprint density at radius 2 is 1.59 bits per heavy atom. The highest BCUT2D eigenvalue weighted by molar-refractivity contribution is 6.36. The number of nitrogens with zero attached hydrogens (tertiary/aromatic N) is 3. The molecule has 0 radical (unpaired) electrons. The van der Waals surface area contributed by atoms with Gasteiger partial charge in [-0.2, -0.15) is 5.10 Å². The van der Waals surface area contributed by atoms with Crippen molar-refractivity contribution in [1.82, 2.24) is 9.97 Å². The largest absolute Gasteiger partial charge is 0.260 e. The number of para-hydroxylation sites is 1. The van der Waals surface area contributed by atoms with Crippen molar-refractivity contribution in [3.8, 4) is 11.4 Å². The second-order valence-corrected chi connectivity index (χ2v) is 7.63. The van der Waals surface area contributed by atoms with E-state index in [1.807, 2.05) is 55.5 Å². The highest BCUT2D eigenvalue weighted by Crippen LogP contribution is 2.31. The molecule has 0 spiro atoms. The third-order valence-electron chi connectivity index (χ3n) is 4.37. The Morgan fingerprint density at radius 3 is 2.34 bits per heavy atom. The molecule has 0 saturated heterocycles. The molecule has 0 aliphatic heterocycles. The van der Waals surface area contributed by atoms with Gasteiger partial charge in [0, 0.05) is 21.0 Å². The molecule has 0 aliphatic carbocycles. The molecule has 4 rings (SSSR count). The first-order valence-electron chi connectivity index (χ1n) is 8.80. The highest BCUT2D eigenvalue weighted by atomic mass is 35.5. The zero-order valence-corrected chi connectivity index (χ0v) is 17.6. The summed E-state index contributed by atoms with van der Waals surface area (Å²) in [6, 6.07) is 20.5. The summed E-state index contributed by atoms with van der Waals surface area (Å²) in [7, 11) is 0. The zero-order chi connectivity index (χ0) is 20.4. The van der Waals surface area contributed by atoms with Gasteiger partial charge in [0.05, 0.1) is 16.3 Å². The van der Waals surface area contributed by atoms with Gasteiger partial charge in [0.2, 0.25) is 0 Å². The minimum atomic E-state index is 0.486. The topological polar surface area (TPSA) is 50.2 Å². The number of halogens is 3. The Kier molecular flexibility index (Phi) is 5.67. The van der Waals surface area contributed by atoms with Crippen molar-refractivity contribution in [2.75, 3.05) is 5.43 Å². The van der Waals surface area contributed by atoms with E-state index in [0.29, 0.717) is 32.3 Å². The summed E-state index contributed by atoms with van der Waals surface area (Å²) >= 11 is 18.3. The number of anilines is 1. The van der Waals surface area contributed by atoms with E-state index in [2.05, 4.69) is 20.5 Å². The van der Waals surface area contributed by atoms with Crippen LogP contribution >= 0.6 is 34.8 Å². The summed E-state index contributed by atoms with van der Waals surface area (Å²) < 4.78 is 0. The van der Waals surface area contributed by atoms with Gasteiger partial charge in [-0.15, -0.1) is 0 Å². The first kappa shape index (κ1) is 19.6. The predicted molar refractivity (Wildman–Crippen MR) is 122 cm³/mol. The van der Waals surface area contributed by atoms with Crippen molar-refractivity contribution >= 4 is 57.2 Å². The van der Waals surface area contributed by atoms with Gasteiger partial charge in [-0.25, -0.2) is 9.97 Å². The van der Waals surface area contributed by atoms with Gasteiger partial charge in [0.1, 0.15) is 0 Å². The number of fused-ring (bicyclic) bond motifs is 1. The van der Waals surface area contributed by atoms with Gasteiger partial charge >= 0.3 is 0 Å². The van der Waals surface area contributed by atoms with Gasteiger partial charge in [-0.1, -0.05) is 59.1 Å². The van der Waals surface area contributed by atoms with Crippen LogP contribution in [0.3, 0.4) is 0 Å². The van der Waals surface area contributed by atoms with Gasteiger partial charge in [0.15, 0.2) is 11.6 Å². The van der Waals surface area contributed by atoms with Gasteiger partial charge in [0.25, 0.3) is 0 Å². The lowest BCUT2D eigenvalue weighted by atomic mass is 10.1. The number of hydrogen-bond donors (Lipinski definition) is 1. The molecule has 29 heavy (non-hydrogen) atoms. The Hall–Kier alpha value is -2.66. The molecule has 3 aromatic carbocycles. The average Bonchev–Trinajstić information content (AvgIpc) is 2.72. The second kappa shape index (κ2) is 8.37. The number of nitrogens with one attached hydrogen (secondary N) is 1. The Labute approximate surface area is 183 Å². The summed E-state index contributed by atoms with van der Waals surface area (Å²) in [5, 5.41) is 7.07. The Balaban J connectivity index is 1.76. The average molecular weight is 442 g/mol. The normalized spacial score (nSPS) is 11.7. The maximum absolute atomic E-state index is 6.36. The van der Waals surface area contributed by atoms with Crippen molar-refractivity contribution in [2.45, 2.75) is 6.92 Å². The van der Waals surface area contributed by atoms with E-state index in [1.54, 1.807) is 18.2 Å². The van der Waals surface area contributed by atoms with E-state index in [9.17, 15) is 0 Å². The lowest BCUT2D eigenvalue weighted by molar-refractivity contribution is 1.18. The molecule has 7 heteroatoms. The zero-order valence-electron chi connectivity index (χ0n) is 15.3. The standard InChI is InChI=1S/C22H15Cl3N4/c1-13(14-6-8-15(23)9-7-14)28-29-22-18-4-2-3-5-20(18)26-21(27-22)17-11-10-16(24)12-19(17)25/h2-12H,1H3,(H,26,27,29)/b28-13-. The van der Waals surface area contributed by atoms with E-state index in [1.165, 1.54) is 0 Å². The van der Waals surface area contributed by atoms with E-state index in [-0.39, 0.29) is 0 Å². The summed E-state index contributed by atoms with van der Waals surface area (Å²) in [5.41, 5.74) is 6.32. The molecule has 0 amide bonds. The third-order valence-corrected chi connectivity index (χ3v) is 5.17. The van der Waals surface area contributed by atoms with E-state index in [4.69, 9.17) is 34.8 Å². The molecular formula is C22H15Cl3N4. The van der Waals surface area contributed by atoms with Crippen LogP contribution in [0.2, 0.25) is 15.1 Å². The SMILES string of the molecule is C/C(=N/Nc1nc(-c2ccc(Cl)cc2Cl)nc2ccccc12)c1ccc(Cl)cc1. The van der Waals surface area contributed by atoms with Crippen LogP contribution in [0, 0.1) is 0 Å². The first-order chi connectivity index (χ1) is 14.0. The van der Waals surface area contributed by atoms with Crippen LogP contribution in [-0.2, 0) is 0 Å². The maximum Gasteiger partial charge on any atom is 0.163 e. The molecule has 1 aromatic heterocycles. The minimum absolute atomic E-state index is 0.486. The molecule has 4 nitrogen and oxygen atoms in total. The Morgan fingerprint density at radius 1 is 0.862 bits per heavy atom. The smallest absolute Gasteiger partial charge is 0.163 e. The molecule has 0 aliphatic rings. The Bertz CT molecular complexity index is 1220. The van der Waals surface area contributed by atoms with Crippen LogP contribution in [0.1, 0.15) is 12.5 Å². The van der Waals surface area contributed by atoms with Crippen LogP contribution in [-0.4, -0.2) is 15.7 Å². The molecule has 1 N–H and O–H groups in total. The maximum atomic E-state index is 6.36. The number of aromatic nitrogens is 2. The number of hydrogen-bond acceptors (Lipinski definition) is 4. The molecule has 0 fully saturated rings. The molecule has 144 valence electrons. The van der Waals surface area contributed by atoms with Crippen LogP contribution in [0.4, 0.5) is 5.82 Å². The molecule has 0 saturated carbocycles. The van der Waals surface area contributed by atoms with Crippen molar-refractivity contribution in [3.05, 3.63) is 87.4 Å². The fourth-order valence-electron chi connectivity index (χ4n) is 2.85. The quantitative estimate of drug-likeness (QED) is 0.271. The van der Waals surface area contributed by atoms with Crippen LogP contribution in [0.15, 0.2) is 71.8 Å². The number of benzene rings is 3. The molecular weight excluding hydrogens is 427 g/mol. The second-order valence-electron chi connectivity index (χ2n) is 6.35. The summed E-state index contributed by atoms with van der Waals surface area (Å²) in [4.78, 5) is 9.31. The molecule has 0 unspecified atom stereocenters. The van der Waals surface area contributed by atoms with Gasteiger partial charge in [-0.05, 0) is 55.0 Å². The van der Waals surface area contributed by atoms with Crippen molar-refractivity contribution < 1.29 is 0 Å². The third kappa shape index (κ3) is 4.35. The van der Waals surface area contributed by atoms with Crippen molar-refractivity contribution in [1.29, 1.82) is 0 Å². The summed E-state index contributed by atoms with van der Waals surface area (Å²) in [5.74, 6) is 1.08. The summed E-state index contributed by atoms with van der Waals surface area (Å²) in [6.07, 6.45) is 0. The first-order valence-corrected chi connectivity index (χ1v) is 9.93. The lowest BCUT2D eigenvalue weighted by Gasteiger charge is -2.10. The lowest BCUT2D eigenvalue weighted by Crippen LogP contribution is -2.03. The van der Waals surface area contributed by atoms with Gasteiger partial charge in [-0.3, -0.25) is 5.43 Å².